The van der Waals surface area contributed by atoms with Crippen molar-refractivity contribution >= 4 is 34.9 Å². The number of carbonyl (C=O) groups excluding carboxylic acids is 3. The molecule has 3 amide bonds. The Bertz CT molecular complexity index is 1040. The van der Waals surface area contributed by atoms with Crippen molar-refractivity contribution in [1.29, 1.82) is 0 Å². The molecule has 2 atom stereocenters. The number of imide groups is 1. The zero-order chi connectivity index (χ0) is 21.3. The lowest BCUT2D eigenvalue weighted by Gasteiger charge is -2.13. The van der Waals surface area contributed by atoms with Crippen molar-refractivity contribution < 1.29 is 23.2 Å². The second kappa shape index (κ2) is 8.39. The van der Waals surface area contributed by atoms with E-state index in [0.29, 0.717) is 17.5 Å². The van der Waals surface area contributed by atoms with Gasteiger partial charge in [0.25, 0.3) is 11.1 Å². The average molecular weight is 428 g/mol. The number of hydrogen-bond acceptors (Lipinski definition) is 4. The van der Waals surface area contributed by atoms with Crippen molar-refractivity contribution in [3.05, 3.63) is 76.2 Å². The molecular weight excluding hydrogens is 410 g/mol. The number of hydrogen-bond donors (Lipinski definition) is 1. The summed E-state index contributed by atoms with van der Waals surface area (Å²) in [6.07, 6.45) is 2.11. The van der Waals surface area contributed by atoms with Gasteiger partial charge in [0.15, 0.2) is 0 Å². The highest BCUT2D eigenvalue weighted by Gasteiger charge is 2.45. The zero-order valence-electron chi connectivity index (χ0n) is 15.8. The molecular formula is C22H18F2N2O3S. The minimum Gasteiger partial charge on any atom is -0.354 e. The summed E-state index contributed by atoms with van der Waals surface area (Å²) >= 11 is 0.808. The van der Waals surface area contributed by atoms with Gasteiger partial charge in [0.1, 0.15) is 11.6 Å². The predicted molar refractivity (Wildman–Crippen MR) is 109 cm³/mol. The van der Waals surface area contributed by atoms with Crippen LogP contribution in [0, 0.1) is 17.6 Å². The molecule has 1 aliphatic heterocycles. The van der Waals surface area contributed by atoms with Gasteiger partial charge in [0, 0.05) is 19.0 Å². The van der Waals surface area contributed by atoms with Crippen LogP contribution < -0.4 is 5.32 Å². The summed E-state index contributed by atoms with van der Waals surface area (Å²) in [6, 6.07) is 12.0. The molecule has 2 aromatic carbocycles. The fourth-order valence-corrected chi connectivity index (χ4v) is 4.29. The van der Waals surface area contributed by atoms with Crippen molar-refractivity contribution in [1.82, 2.24) is 10.2 Å². The Morgan fingerprint density at radius 1 is 1.13 bits per heavy atom. The lowest BCUT2D eigenvalue weighted by molar-refractivity contribution is -0.124. The van der Waals surface area contributed by atoms with Crippen molar-refractivity contribution in [2.75, 3.05) is 13.1 Å². The van der Waals surface area contributed by atoms with E-state index in [1.807, 2.05) is 0 Å². The number of benzene rings is 2. The van der Waals surface area contributed by atoms with E-state index < -0.39 is 11.1 Å². The molecule has 1 N–H and O–H groups in total. The van der Waals surface area contributed by atoms with Gasteiger partial charge in [-0.05, 0) is 59.5 Å². The SMILES string of the molecule is O=C(NCCN1C(=O)S/C(=C/c2ccc(F)cc2)C1=O)C1CC1c1ccccc1F. The van der Waals surface area contributed by atoms with Crippen LogP contribution in [-0.2, 0) is 9.59 Å². The standard InChI is InChI=1S/C22H18F2N2O3S/c23-14-7-5-13(6-8-14)11-19-21(28)26(22(29)30-19)10-9-25-20(27)17-12-16(17)15-3-1-2-4-18(15)24/h1-8,11,16-17H,9-10,12H2,(H,25,27)/b19-11+. The van der Waals surface area contributed by atoms with Crippen LogP contribution in [0.5, 0.6) is 0 Å². The Kier molecular flexibility index (Phi) is 5.67. The van der Waals surface area contributed by atoms with Crippen LogP contribution in [-0.4, -0.2) is 35.0 Å². The van der Waals surface area contributed by atoms with Gasteiger partial charge in [-0.25, -0.2) is 8.78 Å². The molecule has 0 radical (unpaired) electrons. The molecule has 2 unspecified atom stereocenters. The first-order valence-corrected chi connectivity index (χ1v) is 10.3. The largest absolute Gasteiger partial charge is 0.354 e. The van der Waals surface area contributed by atoms with Gasteiger partial charge in [0.2, 0.25) is 5.91 Å². The van der Waals surface area contributed by atoms with E-state index in [-0.39, 0.29) is 47.4 Å². The number of nitrogens with one attached hydrogen (secondary N) is 1. The van der Waals surface area contributed by atoms with E-state index in [2.05, 4.69) is 5.32 Å². The molecule has 1 aliphatic carbocycles. The molecule has 154 valence electrons. The fourth-order valence-electron chi connectivity index (χ4n) is 3.43. The predicted octanol–water partition coefficient (Wildman–Crippen LogP) is 3.92. The van der Waals surface area contributed by atoms with Crippen LogP contribution >= 0.6 is 11.8 Å². The van der Waals surface area contributed by atoms with Crippen LogP contribution in [0.25, 0.3) is 6.08 Å². The first-order valence-electron chi connectivity index (χ1n) is 9.47. The first-order chi connectivity index (χ1) is 14.4. The van der Waals surface area contributed by atoms with E-state index in [4.69, 9.17) is 0 Å². The van der Waals surface area contributed by atoms with Gasteiger partial charge in [0.05, 0.1) is 4.91 Å². The van der Waals surface area contributed by atoms with Gasteiger partial charge < -0.3 is 5.32 Å². The van der Waals surface area contributed by atoms with Crippen molar-refractivity contribution in [2.24, 2.45) is 5.92 Å². The van der Waals surface area contributed by atoms with Gasteiger partial charge in [-0.3, -0.25) is 19.3 Å². The Morgan fingerprint density at radius 2 is 1.87 bits per heavy atom. The normalized spacial score (nSPS) is 21.9. The van der Waals surface area contributed by atoms with Crippen LogP contribution in [0.1, 0.15) is 23.5 Å². The monoisotopic (exact) mass is 428 g/mol. The second-order valence-corrected chi connectivity index (χ2v) is 8.14. The maximum Gasteiger partial charge on any atom is 0.293 e. The highest BCUT2D eigenvalue weighted by Crippen LogP contribution is 2.48. The minimum atomic E-state index is -0.445. The Labute approximate surface area is 176 Å². The van der Waals surface area contributed by atoms with E-state index in [0.717, 1.165) is 16.7 Å². The summed E-state index contributed by atoms with van der Waals surface area (Å²) in [7, 11) is 0. The lowest BCUT2D eigenvalue weighted by atomic mass is 10.1. The van der Waals surface area contributed by atoms with E-state index in [1.54, 1.807) is 18.2 Å². The average Bonchev–Trinajstić information content (AvgIpc) is 3.48. The Balaban J connectivity index is 1.29. The van der Waals surface area contributed by atoms with Gasteiger partial charge in [-0.15, -0.1) is 0 Å². The molecule has 0 bridgehead atoms. The van der Waals surface area contributed by atoms with Gasteiger partial charge in [-0.2, -0.15) is 0 Å². The van der Waals surface area contributed by atoms with Crippen LogP contribution in [0.15, 0.2) is 53.4 Å². The maximum atomic E-state index is 13.8. The summed E-state index contributed by atoms with van der Waals surface area (Å²) in [5.41, 5.74) is 1.15. The Morgan fingerprint density at radius 3 is 2.60 bits per heavy atom. The van der Waals surface area contributed by atoms with E-state index in [1.165, 1.54) is 36.4 Å². The van der Waals surface area contributed by atoms with Crippen molar-refractivity contribution in [2.45, 2.75) is 12.3 Å². The van der Waals surface area contributed by atoms with Crippen LogP contribution in [0.2, 0.25) is 0 Å². The number of nitrogens with zero attached hydrogens (tertiary/aromatic N) is 1. The molecule has 1 saturated heterocycles. The molecule has 0 spiro atoms. The third-order valence-corrected chi connectivity index (χ3v) is 6.02. The molecule has 2 aromatic rings. The highest BCUT2D eigenvalue weighted by molar-refractivity contribution is 8.18. The van der Waals surface area contributed by atoms with Gasteiger partial charge >= 0.3 is 0 Å². The van der Waals surface area contributed by atoms with Crippen LogP contribution in [0.3, 0.4) is 0 Å². The summed E-state index contributed by atoms with van der Waals surface area (Å²) in [5, 5.41) is 2.31. The summed E-state index contributed by atoms with van der Waals surface area (Å²) in [4.78, 5) is 38.2. The quantitative estimate of drug-likeness (QED) is 0.709. The molecule has 1 heterocycles. The third-order valence-electron chi connectivity index (χ3n) is 5.11. The fraction of sp³-hybridized carbons (Fsp3) is 0.227. The number of halogens is 2. The Hall–Kier alpha value is -3.00. The second-order valence-electron chi connectivity index (χ2n) is 7.15. The molecule has 8 heteroatoms. The molecule has 1 saturated carbocycles. The van der Waals surface area contributed by atoms with E-state index >= 15 is 0 Å². The molecule has 2 fully saturated rings. The lowest BCUT2D eigenvalue weighted by Crippen LogP contribution is -2.37. The number of thioether (sulfide) groups is 1. The smallest absolute Gasteiger partial charge is 0.293 e. The third kappa shape index (κ3) is 4.28. The number of rotatable bonds is 6. The zero-order valence-corrected chi connectivity index (χ0v) is 16.6. The van der Waals surface area contributed by atoms with E-state index in [9.17, 15) is 23.2 Å². The molecule has 30 heavy (non-hydrogen) atoms. The first kappa shape index (κ1) is 20.3. The maximum absolute atomic E-state index is 13.8. The molecule has 2 aliphatic rings. The van der Waals surface area contributed by atoms with Crippen molar-refractivity contribution in [3.8, 4) is 0 Å². The molecule has 4 rings (SSSR count). The van der Waals surface area contributed by atoms with Crippen LogP contribution in [0.4, 0.5) is 13.6 Å². The summed E-state index contributed by atoms with van der Waals surface area (Å²) in [6.45, 7) is 0.176. The van der Waals surface area contributed by atoms with Gasteiger partial charge in [-0.1, -0.05) is 30.3 Å². The number of amides is 3. The molecule has 0 aromatic heterocycles. The molecule has 5 nitrogen and oxygen atoms in total. The summed E-state index contributed by atoms with van der Waals surface area (Å²) in [5.74, 6) is -1.79. The minimum absolute atomic E-state index is 0.0499. The summed E-state index contributed by atoms with van der Waals surface area (Å²) < 4.78 is 26.8. The number of carbonyl (C=O) groups is 3. The highest BCUT2D eigenvalue weighted by atomic mass is 32.2. The topological polar surface area (TPSA) is 66.5 Å². The van der Waals surface area contributed by atoms with Crippen molar-refractivity contribution in [3.63, 3.8) is 0 Å².